The van der Waals surface area contributed by atoms with Crippen LogP contribution in [0.5, 0.6) is 0 Å². The highest BCUT2D eigenvalue weighted by Crippen LogP contribution is 2.60. The summed E-state index contributed by atoms with van der Waals surface area (Å²) in [6, 6.07) is 8.12. The smallest absolute Gasteiger partial charge is 0.322 e. The van der Waals surface area contributed by atoms with Crippen LogP contribution >= 0.6 is 0 Å². The second kappa shape index (κ2) is 9.44. The Kier molecular flexibility index (Phi) is 6.27. The van der Waals surface area contributed by atoms with Crippen molar-refractivity contribution in [1.82, 2.24) is 10.1 Å². The van der Waals surface area contributed by atoms with Crippen molar-refractivity contribution in [2.45, 2.75) is 101 Å². The Morgan fingerprint density at radius 1 is 1.12 bits per heavy atom. The van der Waals surface area contributed by atoms with Crippen LogP contribution in [0.2, 0.25) is 0 Å². The maximum Gasteiger partial charge on any atom is 0.322 e. The van der Waals surface area contributed by atoms with E-state index < -0.39 is 17.5 Å². The molecule has 6 saturated carbocycles. The van der Waals surface area contributed by atoms with Gasteiger partial charge in [0.05, 0.1) is 6.10 Å². The maximum atomic E-state index is 14.9. The van der Waals surface area contributed by atoms with E-state index in [1.54, 1.807) is 0 Å². The van der Waals surface area contributed by atoms with Crippen molar-refractivity contribution >= 4 is 17.3 Å². The number of hydrogen-bond donors (Lipinski definition) is 1. The molecule has 2 aromatic rings. The minimum Gasteiger partial charge on any atom is -0.393 e. The lowest BCUT2D eigenvalue weighted by atomic mass is 9.53. The summed E-state index contributed by atoms with van der Waals surface area (Å²) in [5.41, 5.74) is 0.239. The van der Waals surface area contributed by atoms with Gasteiger partial charge in [0.25, 0.3) is 5.89 Å². The molecule has 1 aliphatic heterocycles. The SMILES string of the molecule is CC(F)(F)c1nc(C23CCC(CN(C(=O)[C@H]4CC5(F)CC4C5)c4cccc(N5CCC(O)CC5)c4)(CC2)CC3)no1. The van der Waals surface area contributed by atoms with Crippen LogP contribution in [-0.4, -0.2) is 52.6 Å². The van der Waals surface area contributed by atoms with Crippen molar-refractivity contribution < 1.29 is 27.6 Å². The van der Waals surface area contributed by atoms with Crippen LogP contribution in [0, 0.1) is 17.3 Å². The molecule has 1 saturated heterocycles. The molecule has 1 atom stereocenters. The van der Waals surface area contributed by atoms with Crippen molar-refractivity contribution in [2.75, 3.05) is 29.4 Å². The van der Waals surface area contributed by atoms with Gasteiger partial charge in [0.15, 0.2) is 5.82 Å². The van der Waals surface area contributed by atoms with Gasteiger partial charge in [-0.2, -0.15) is 13.8 Å². The molecule has 4 bridgehead atoms. The predicted molar refractivity (Wildman–Crippen MR) is 147 cm³/mol. The first-order chi connectivity index (χ1) is 19.5. The molecule has 7 aliphatic rings. The summed E-state index contributed by atoms with van der Waals surface area (Å²) in [6.07, 6.45) is 7.28. The Hall–Kier alpha value is -2.62. The van der Waals surface area contributed by atoms with Gasteiger partial charge in [-0.15, -0.1) is 0 Å². The van der Waals surface area contributed by atoms with E-state index in [2.05, 4.69) is 27.2 Å². The Morgan fingerprint density at radius 2 is 1.80 bits per heavy atom. The average molecular weight is 573 g/mol. The van der Waals surface area contributed by atoms with Crippen LogP contribution in [-0.2, 0) is 16.1 Å². The van der Waals surface area contributed by atoms with Gasteiger partial charge in [-0.3, -0.25) is 4.79 Å². The van der Waals surface area contributed by atoms with E-state index >= 15 is 0 Å². The zero-order valence-corrected chi connectivity index (χ0v) is 23.6. The molecule has 222 valence electrons. The summed E-state index contributed by atoms with van der Waals surface area (Å²) in [5, 5.41) is 14.0. The highest BCUT2D eigenvalue weighted by Gasteiger charge is 2.60. The number of hydrogen-bond acceptors (Lipinski definition) is 6. The van der Waals surface area contributed by atoms with E-state index in [0.717, 1.165) is 82.8 Å². The van der Waals surface area contributed by atoms with Gasteiger partial charge in [0.2, 0.25) is 5.91 Å². The number of carbonyl (C=O) groups excluding carboxylic acids is 1. The first-order valence-electron chi connectivity index (χ1n) is 15.2. The van der Waals surface area contributed by atoms with Crippen LogP contribution in [0.1, 0.15) is 89.3 Å². The maximum absolute atomic E-state index is 14.9. The summed E-state index contributed by atoms with van der Waals surface area (Å²) in [5.74, 6) is -3.56. The number of nitrogens with zero attached hydrogens (tertiary/aromatic N) is 4. The average Bonchev–Trinajstić information content (AvgIpc) is 3.67. The third-order valence-corrected chi connectivity index (χ3v) is 11.1. The summed E-state index contributed by atoms with van der Waals surface area (Å²) >= 11 is 0. The van der Waals surface area contributed by atoms with E-state index in [4.69, 9.17) is 4.52 Å². The predicted octanol–water partition coefficient (Wildman–Crippen LogP) is 5.91. The molecule has 1 aromatic carbocycles. The number of alkyl halides is 3. The van der Waals surface area contributed by atoms with Crippen molar-refractivity contribution in [3.63, 3.8) is 0 Å². The van der Waals surface area contributed by atoms with E-state index in [1.807, 2.05) is 17.0 Å². The summed E-state index contributed by atoms with van der Waals surface area (Å²) in [7, 11) is 0. The zero-order valence-electron chi connectivity index (χ0n) is 23.6. The first-order valence-corrected chi connectivity index (χ1v) is 15.2. The second-order valence-corrected chi connectivity index (χ2v) is 13.9. The lowest BCUT2D eigenvalue weighted by molar-refractivity contribution is -0.123. The molecule has 6 aliphatic carbocycles. The largest absolute Gasteiger partial charge is 0.393 e. The summed E-state index contributed by atoms with van der Waals surface area (Å²) in [6.45, 7) is 2.86. The Balaban J connectivity index is 1.14. The Bertz CT molecular complexity index is 1290. The summed E-state index contributed by atoms with van der Waals surface area (Å²) in [4.78, 5) is 22.5. The molecule has 10 heteroatoms. The molecule has 1 amide bonds. The Morgan fingerprint density at radius 3 is 2.39 bits per heavy atom. The Labute approximate surface area is 238 Å². The van der Waals surface area contributed by atoms with Gasteiger partial charge in [0, 0.05) is 49.3 Å². The van der Waals surface area contributed by atoms with Crippen LogP contribution in [0.4, 0.5) is 24.5 Å². The van der Waals surface area contributed by atoms with Crippen LogP contribution in [0.3, 0.4) is 0 Å². The third kappa shape index (κ3) is 4.74. The monoisotopic (exact) mass is 572 g/mol. The van der Waals surface area contributed by atoms with Gasteiger partial charge >= 0.3 is 5.92 Å². The number of piperidine rings is 1. The molecule has 7 nitrogen and oxygen atoms in total. The lowest BCUT2D eigenvalue weighted by Crippen LogP contribution is -2.52. The molecule has 7 fully saturated rings. The molecule has 9 rings (SSSR count). The highest BCUT2D eigenvalue weighted by molar-refractivity contribution is 5.96. The zero-order chi connectivity index (χ0) is 28.6. The van der Waals surface area contributed by atoms with Crippen molar-refractivity contribution in [1.29, 1.82) is 0 Å². The molecule has 1 aromatic heterocycles. The van der Waals surface area contributed by atoms with E-state index in [0.29, 0.717) is 31.6 Å². The number of anilines is 2. The van der Waals surface area contributed by atoms with Gasteiger partial charge in [-0.25, -0.2) is 4.39 Å². The third-order valence-electron chi connectivity index (χ3n) is 11.1. The van der Waals surface area contributed by atoms with Gasteiger partial charge < -0.3 is 19.4 Å². The highest BCUT2D eigenvalue weighted by atomic mass is 19.3. The normalized spacial score (nSPS) is 35.0. The van der Waals surface area contributed by atoms with E-state index in [1.165, 1.54) is 0 Å². The number of aromatic nitrogens is 2. The molecular weight excluding hydrogens is 533 g/mol. The summed E-state index contributed by atoms with van der Waals surface area (Å²) < 4.78 is 47.4. The minimum absolute atomic E-state index is 0.0306. The number of amides is 1. The standard InChI is InChI=1S/C31H39F3N4O3/c1-28(32,33)27-35-26(36-41-27)30-10-7-29(8-11-30,9-12-30)19-38(25(40)24-18-31(34)16-20(24)17-31)22-4-2-3-21(15-22)37-13-5-23(39)6-14-37/h2-4,15,20,23-24,39H,5-14,16-19H2,1H3/t20?,24-,29?,30?,31?/m0/s1. The molecule has 1 N–H and O–H groups in total. The minimum atomic E-state index is -3.17. The number of carbonyl (C=O) groups is 1. The number of benzene rings is 1. The number of aliphatic hydroxyl groups excluding tert-OH is 1. The van der Waals surface area contributed by atoms with Crippen molar-refractivity contribution in [3.05, 3.63) is 36.0 Å². The molecular formula is C31H39F3N4O3. The van der Waals surface area contributed by atoms with Crippen molar-refractivity contribution in [2.24, 2.45) is 17.3 Å². The van der Waals surface area contributed by atoms with Gasteiger partial charge in [-0.1, -0.05) is 11.2 Å². The van der Waals surface area contributed by atoms with E-state index in [9.17, 15) is 23.1 Å². The number of rotatable bonds is 7. The number of halogens is 3. The quantitative estimate of drug-likeness (QED) is 0.445. The number of fused-ring (bicyclic) bond motifs is 4. The lowest BCUT2D eigenvalue weighted by Gasteiger charge is -2.53. The molecule has 41 heavy (non-hydrogen) atoms. The van der Waals surface area contributed by atoms with Crippen LogP contribution in [0.25, 0.3) is 0 Å². The van der Waals surface area contributed by atoms with Crippen molar-refractivity contribution in [3.8, 4) is 0 Å². The molecule has 0 spiro atoms. The van der Waals surface area contributed by atoms with Gasteiger partial charge in [0.1, 0.15) is 5.67 Å². The van der Waals surface area contributed by atoms with Crippen LogP contribution in [0.15, 0.2) is 28.8 Å². The van der Waals surface area contributed by atoms with Crippen LogP contribution < -0.4 is 9.80 Å². The fraction of sp³-hybridized carbons (Fsp3) is 0.710. The van der Waals surface area contributed by atoms with E-state index in [-0.39, 0.29) is 34.7 Å². The molecule has 0 unspecified atom stereocenters. The second-order valence-electron chi connectivity index (χ2n) is 13.9. The fourth-order valence-electron chi connectivity index (χ4n) is 8.45. The van der Waals surface area contributed by atoms with Gasteiger partial charge in [-0.05, 0) is 100 Å². The molecule has 2 heterocycles. The topological polar surface area (TPSA) is 82.7 Å². The molecule has 0 radical (unpaired) electrons. The number of aliphatic hydroxyl groups is 1. The fourth-order valence-corrected chi connectivity index (χ4v) is 8.45. The first kappa shape index (κ1) is 27.2.